The molecule has 3 rings (SSSR count). The average molecular weight is 361 g/mol. The number of anilines is 2. The number of hydrogen-bond acceptors (Lipinski definition) is 4. The SMILES string of the molecule is CNC(=O)[C@H]1CN(CC(=O)Nc2ccc(F)cc2F)c2ccccc2O1. The topological polar surface area (TPSA) is 70.7 Å². The fourth-order valence-electron chi connectivity index (χ4n) is 2.71. The number of halogens is 2. The predicted molar refractivity (Wildman–Crippen MR) is 92.1 cm³/mol. The molecule has 0 saturated heterocycles. The lowest BCUT2D eigenvalue weighted by atomic mass is 10.1. The Kier molecular flexibility index (Phi) is 5.01. The Bertz CT molecular complexity index is 844. The van der Waals surface area contributed by atoms with Gasteiger partial charge in [-0.3, -0.25) is 9.59 Å². The molecule has 2 amide bonds. The van der Waals surface area contributed by atoms with Crippen LogP contribution in [0.4, 0.5) is 20.2 Å². The van der Waals surface area contributed by atoms with Crippen molar-refractivity contribution in [3.05, 3.63) is 54.1 Å². The van der Waals surface area contributed by atoms with Gasteiger partial charge in [0.25, 0.3) is 5.91 Å². The number of nitrogens with zero attached hydrogens (tertiary/aromatic N) is 1. The molecule has 2 N–H and O–H groups in total. The van der Waals surface area contributed by atoms with Gasteiger partial charge in [0, 0.05) is 13.1 Å². The summed E-state index contributed by atoms with van der Waals surface area (Å²) in [4.78, 5) is 25.9. The quantitative estimate of drug-likeness (QED) is 0.873. The Morgan fingerprint density at radius 3 is 2.73 bits per heavy atom. The van der Waals surface area contributed by atoms with E-state index in [0.717, 1.165) is 12.1 Å². The lowest BCUT2D eigenvalue weighted by molar-refractivity contribution is -0.127. The summed E-state index contributed by atoms with van der Waals surface area (Å²) in [5.74, 6) is -1.91. The molecule has 26 heavy (non-hydrogen) atoms. The van der Waals surface area contributed by atoms with E-state index in [1.54, 1.807) is 29.2 Å². The Balaban J connectivity index is 1.76. The summed E-state index contributed by atoms with van der Waals surface area (Å²) < 4.78 is 32.3. The molecule has 1 heterocycles. The van der Waals surface area contributed by atoms with Gasteiger partial charge in [-0.2, -0.15) is 0 Å². The summed E-state index contributed by atoms with van der Waals surface area (Å²) in [6.07, 6.45) is -0.773. The molecule has 0 radical (unpaired) electrons. The van der Waals surface area contributed by atoms with E-state index in [1.165, 1.54) is 7.05 Å². The normalized spacial score (nSPS) is 15.7. The van der Waals surface area contributed by atoms with Gasteiger partial charge in [0.2, 0.25) is 5.91 Å². The van der Waals surface area contributed by atoms with Crippen molar-refractivity contribution >= 4 is 23.2 Å². The molecule has 0 spiro atoms. The van der Waals surface area contributed by atoms with Crippen LogP contribution in [0.15, 0.2) is 42.5 Å². The van der Waals surface area contributed by atoms with Gasteiger partial charge in [0.1, 0.15) is 17.4 Å². The Hall–Kier alpha value is -3.16. The van der Waals surface area contributed by atoms with Crippen LogP contribution >= 0.6 is 0 Å². The van der Waals surface area contributed by atoms with Crippen LogP contribution in [-0.4, -0.2) is 38.1 Å². The molecule has 0 bridgehead atoms. The smallest absolute Gasteiger partial charge is 0.262 e. The van der Waals surface area contributed by atoms with Gasteiger partial charge in [-0.15, -0.1) is 0 Å². The number of benzene rings is 2. The number of nitrogens with one attached hydrogen (secondary N) is 2. The summed E-state index contributed by atoms with van der Waals surface area (Å²) in [7, 11) is 1.50. The highest BCUT2D eigenvalue weighted by atomic mass is 19.1. The highest BCUT2D eigenvalue weighted by molar-refractivity contribution is 5.95. The van der Waals surface area contributed by atoms with Crippen molar-refractivity contribution in [1.82, 2.24) is 5.32 Å². The Morgan fingerprint density at radius 1 is 1.23 bits per heavy atom. The van der Waals surface area contributed by atoms with E-state index < -0.39 is 23.6 Å². The van der Waals surface area contributed by atoms with Crippen molar-refractivity contribution in [3.8, 4) is 5.75 Å². The number of ether oxygens (including phenoxy) is 1. The average Bonchev–Trinajstić information content (AvgIpc) is 2.63. The molecular formula is C18H17F2N3O3. The van der Waals surface area contributed by atoms with Crippen molar-refractivity contribution in [2.24, 2.45) is 0 Å². The van der Waals surface area contributed by atoms with E-state index in [0.29, 0.717) is 17.5 Å². The second-order valence-corrected chi connectivity index (χ2v) is 5.74. The van der Waals surface area contributed by atoms with E-state index in [1.807, 2.05) is 0 Å². The summed E-state index contributed by atoms with van der Waals surface area (Å²) in [5.41, 5.74) is 0.545. The molecule has 0 aromatic heterocycles. The van der Waals surface area contributed by atoms with Crippen molar-refractivity contribution in [2.75, 3.05) is 30.4 Å². The molecular weight excluding hydrogens is 344 g/mol. The first-order valence-corrected chi connectivity index (χ1v) is 7.95. The number of hydrogen-bond donors (Lipinski definition) is 2. The zero-order chi connectivity index (χ0) is 18.7. The van der Waals surface area contributed by atoms with Gasteiger partial charge in [-0.25, -0.2) is 8.78 Å². The highest BCUT2D eigenvalue weighted by Gasteiger charge is 2.31. The summed E-state index contributed by atoms with van der Waals surface area (Å²) in [6.45, 7) is 0.0424. The van der Waals surface area contributed by atoms with Crippen molar-refractivity contribution in [1.29, 1.82) is 0 Å². The number of rotatable bonds is 4. The molecule has 0 aliphatic carbocycles. The molecule has 0 saturated carbocycles. The first-order valence-electron chi connectivity index (χ1n) is 7.95. The predicted octanol–water partition coefficient (Wildman–Crippen LogP) is 1.92. The van der Waals surface area contributed by atoms with E-state index in [4.69, 9.17) is 4.74 Å². The van der Waals surface area contributed by atoms with Crippen LogP contribution in [0.2, 0.25) is 0 Å². The molecule has 0 fully saturated rings. The van der Waals surface area contributed by atoms with Crippen LogP contribution in [0.5, 0.6) is 5.75 Å². The molecule has 1 aliphatic rings. The van der Waals surface area contributed by atoms with E-state index in [9.17, 15) is 18.4 Å². The zero-order valence-electron chi connectivity index (χ0n) is 14.0. The minimum Gasteiger partial charge on any atom is -0.477 e. The molecule has 2 aromatic rings. The first kappa shape index (κ1) is 17.7. The van der Waals surface area contributed by atoms with E-state index in [2.05, 4.69) is 10.6 Å². The van der Waals surface area contributed by atoms with Gasteiger partial charge in [-0.1, -0.05) is 12.1 Å². The number of fused-ring (bicyclic) bond motifs is 1. The molecule has 0 unspecified atom stereocenters. The molecule has 8 heteroatoms. The maximum Gasteiger partial charge on any atom is 0.262 e. The third-order valence-electron chi connectivity index (χ3n) is 3.94. The maximum absolute atomic E-state index is 13.7. The Morgan fingerprint density at radius 2 is 2.00 bits per heavy atom. The fraction of sp³-hybridized carbons (Fsp3) is 0.222. The summed E-state index contributed by atoms with van der Waals surface area (Å²) >= 11 is 0. The van der Waals surface area contributed by atoms with Crippen LogP contribution in [0.25, 0.3) is 0 Å². The minimum atomic E-state index is -0.857. The summed E-state index contributed by atoms with van der Waals surface area (Å²) in [6, 6.07) is 9.93. The monoisotopic (exact) mass is 361 g/mol. The number of carbonyl (C=O) groups is 2. The number of likely N-dealkylation sites (N-methyl/N-ethyl adjacent to an activating group) is 1. The largest absolute Gasteiger partial charge is 0.477 e. The van der Waals surface area contributed by atoms with Crippen molar-refractivity contribution in [3.63, 3.8) is 0 Å². The molecule has 1 aliphatic heterocycles. The third-order valence-corrected chi connectivity index (χ3v) is 3.94. The lowest BCUT2D eigenvalue weighted by Crippen LogP contribution is -2.50. The van der Waals surface area contributed by atoms with Crippen molar-refractivity contribution < 1.29 is 23.1 Å². The molecule has 136 valence electrons. The van der Waals surface area contributed by atoms with Crippen LogP contribution in [0, 0.1) is 11.6 Å². The van der Waals surface area contributed by atoms with Crippen LogP contribution < -0.4 is 20.3 Å². The zero-order valence-corrected chi connectivity index (χ0v) is 14.0. The molecule has 2 aromatic carbocycles. The van der Waals surface area contributed by atoms with Gasteiger partial charge >= 0.3 is 0 Å². The van der Waals surface area contributed by atoms with E-state index >= 15 is 0 Å². The van der Waals surface area contributed by atoms with Crippen LogP contribution in [-0.2, 0) is 9.59 Å². The van der Waals surface area contributed by atoms with E-state index in [-0.39, 0.29) is 24.7 Å². The number of para-hydroxylation sites is 2. The first-order chi connectivity index (χ1) is 12.5. The second kappa shape index (κ2) is 7.38. The maximum atomic E-state index is 13.7. The van der Waals surface area contributed by atoms with Gasteiger partial charge in [0.15, 0.2) is 6.10 Å². The van der Waals surface area contributed by atoms with Gasteiger partial charge in [0.05, 0.1) is 24.5 Å². The third kappa shape index (κ3) is 3.74. The van der Waals surface area contributed by atoms with Gasteiger partial charge < -0.3 is 20.3 Å². The van der Waals surface area contributed by atoms with Crippen molar-refractivity contribution in [2.45, 2.75) is 6.10 Å². The minimum absolute atomic E-state index is 0.110. The standard InChI is InChI=1S/C18H17F2N3O3/c1-21-18(25)16-9-23(14-4-2-3-5-15(14)26-16)10-17(24)22-13-7-6-11(19)8-12(13)20/h2-8,16H,9-10H2,1H3,(H,21,25)(H,22,24)/t16-/m1/s1. The summed E-state index contributed by atoms with van der Waals surface area (Å²) in [5, 5.41) is 4.93. The molecule has 1 atom stereocenters. The Labute approximate surface area is 148 Å². The van der Waals surface area contributed by atoms with Crippen LogP contribution in [0.3, 0.4) is 0 Å². The lowest BCUT2D eigenvalue weighted by Gasteiger charge is -2.34. The second-order valence-electron chi connectivity index (χ2n) is 5.74. The number of carbonyl (C=O) groups excluding carboxylic acids is 2. The molecule has 6 nitrogen and oxygen atoms in total. The fourth-order valence-corrected chi connectivity index (χ4v) is 2.71. The number of amides is 2. The van der Waals surface area contributed by atoms with Crippen LogP contribution in [0.1, 0.15) is 0 Å². The highest BCUT2D eigenvalue weighted by Crippen LogP contribution is 2.33. The van der Waals surface area contributed by atoms with Gasteiger partial charge in [-0.05, 0) is 24.3 Å².